The van der Waals surface area contributed by atoms with Gasteiger partial charge in [-0.15, -0.1) is 0 Å². The number of anilines is 1. The monoisotopic (exact) mass is 196 g/mol. The minimum absolute atomic E-state index is 0.261. The summed E-state index contributed by atoms with van der Waals surface area (Å²) in [7, 11) is 0. The number of nitrogen functional groups attached to an aromatic ring is 1. The molecule has 0 saturated heterocycles. The Labute approximate surface area is 81.7 Å². The maximum atomic E-state index is 13.0. The van der Waals surface area contributed by atoms with Gasteiger partial charge in [0.1, 0.15) is 5.82 Å². The Morgan fingerprint density at radius 2 is 2.31 bits per heavy atom. The Hall–Kier alpha value is -1.18. The lowest BCUT2D eigenvalue weighted by Crippen LogP contribution is -2.08. The average Bonchev–Trinajstić information content (AvgIpc) is 2.15. The van der Waals surface area contributed by atoms with Crippen molar-refractivity contribution in [2.75, 3.05) is 11.2 Å². The lowest BCUT2D eigenvalue weighted by molar-refractivity contribution is 0.630. The smallest absolute Gasteiger partial charge is 0.148 e. The Kier molecular flexibility index (Phi) is 3.62. The van der Waals surface area contributed by atoms with Gasteiger partial charge >= 0.3 is 0 Å². The minimum atomic E-state index is -0.409. The molecule has 1 aromatic carbocycles. The van der Waals surface area contributed by atoms with Crippen LogP contribution in [-0.2, 0) is 0 Å². The summed E-state index contributed by atoms with van der Waals surface area (Å²) in [4.78, 5) is 0. The molecule has 4 heteroatoms. The van der Waals surface area contributed by atoms with Gasteiger partial charge in [-0.3, -0.25) is 5.84 Å². The maximum Gasteiger partial charge on any atom is 0.148 e. The van der Waals surface area contributed by atoms with E-state index < -0.39 is 5.82 Å². The third-order valence-corrected chi connectivity index (χ3v) is 1.59. The van der Waals surface area contributed by atoms with Crippen LogP contribution in [-0.4, -0.2) is 5.75 Å². The van der Waals surface area contributed by atoms with Crippen molar-refractivity contribution in [1.82, 2.24) is 0 Å². The molecule has 0 radical (unpaired) electrons. The van der Waals surface area contributed by atoms with Crippen LogP contribution in [0.25, 0.3) is 0 Å². The zero-order chi connectivity index (χ0) is 9.68. The van der Waals surface area contributed by atoms with E-state index in [4.69, 9.17) is 5.84 Å². The highest BCUT2D eigenvalue weighted by atomic mass is 32.1. The number of benzene rings is 1. The van der Waals surface area contributed by atoms with Gasteiger partial charge in [0.2, 0.25) is 0 Å². The van der Waals surface area contributed by atoms with Crippen LogP contribution in [0, 0.1) is 17.7 Å². The van der Waals surface area contributed by atoms with E-state index in [1.807, 2.05) is 0 Å². The summed E-state index contributed by atoms with van der Waals surface area (Å²) in [6.07, 6.45) is 0. The van der Waals surface area contributed by atoms with E-state index in [1.165, 1.54) is 12.1 Å². The quantitative estimate of drug-likeness (QED) is 0.275. The van der Waals surface area contributed by atoms with E-state index in [-0.39, 0.29) is 5.69 Å². The minimum Gasteiger partial charge on any atom is -0.321 e. The van der Waals surface area contributed by atoms with Gasteiger partial charge in [-0.25, -0.2) is 4.39 Å². The standard InChI is InChI=1S/C9H9FN2S/c10-8-6-7(2-1-5-13)3-4-9(8)12-11/h3-4,6,12-13H,5,11H2. The van der Waals surface area contributed by atoms with Crippen molar-refractivity contribution in [2.24, 2.45) is 5.84 Å². The summed E-state index contributed by atoms with van der Waals surface area (Å²) in [5.41, 5.74) is 3.12. The van der Waals surface area contributed by atoms with Gasteiger partial charge in [-0.1, -0.05) is 11.8 Å². The van der Waals surface area contributed by atoms with Crippen LogP contribution in [0.15, 0.2) is 18.2 Å². The predicted molar refractivity (Wildman–Crippen MR) is 54.9 cm³/mol. The Balaban J connectivity index is 2.96. The van der Waals surface area contributed by atoms with Crippen LogP contribution >= 0.6 is 12.6 Å². The number of thiol groups is 1. The zero-order valence-corrected chi connectivity index (χ0v) is 7.74. The summed E-state index contributed by atoms with van der Waals surface area (Å²) < 4.78 is 13.0. The molecule has 0 bridgehead atoms. The van der Waals surface area contributed by atoms with Gasteiger partial charge in [0.05, 0.1) is 11.4 Å². The molecule has 0 atom stereocenters. The van der Waals surface area contributed by atoms with Crippen molar-refractivity contribution in [2.45, 2.75) is 0 Å². The van der Waals surface area contributed by atoms with E-state index in [0.29, 0.717) is 11.3 Å². The molecule has 0 fully saturated rings. The van der Waals surface area contributed by atoms with Crippen LogP contribution in [0.1, 0.15) is 5.56 Å². The number of halogens is 1. The van der Waals surface area contributed by atoms with Gasteiger partial charge in [-0.05, 0) is 18.2 Å². The molecule has 0 heterocycles. The predicted octanol–water partition coefficient (Wildman–Crippen LogP) is 1.39. The molecule has 0 aliphatic heterocycles. The molecule has 0 aliphatic rings. The van der Waals surface area contributed by atoms with E-state index in [0.717, 1.165) is 0 Å². The lowest BCUT2D eigenvalue weighted by Gasteiger charge is -2.00. The van der Waals surface area contributed by atoms with Crippen molar-refractivity contribution < 1.29 is 4.39 Å². The number of hydrogen-bond donors (Lipinski definition) is 3. The molecular formula is C9H9FN2S. The fraction of sp³-hybridized carbons (Fsp3) is 0.111. The molecule has 0 aromatic heterocycles. The number of rotatable bonds is 1. The van der Waals surface area contributed by atoms with Gasteiger partial charge in [0.25, 0.3) is 0 Å². The molecule has 0 saturated carbocycles. The van der Waals surface area contributed by atoms with Gasteiger partial charge in [0.15, 0.2) is 0 Å². The first-order valence-corrected chi connectivity index (χ1v) is 4.27. The van der Waals surface area contributed by atoms with E-state index in [2.05, 4.69) is 29.9 Å². The summed E-state index contributed by atoms with van der Waals surface area (Å²) in [6, 6.07) is 4.55. The molecular weight excluding hydrogens is 187 g/mol. The first-order valence-electron chi connectivity index (χ1n) is 3.64. The Morgan fingerprint density at radius 3 is 2.85 bits per heavy atom. The molecule has 1 rings (SSSR count). The van der Waals surface area contributed by atoms with Gasteiger partial charge < -0.3 is 5.43 Å². The molecule has 0 spiro atoms. The van der Waals surface area contributed by atoms with Crippen LogP contribution in [0.5, 0.6) is 0 Å². The van der Waals surface area contributed by atoms with Crippen molar-refractivity contribution in [1.29, 1.82) is 0 Å². The molecule has 0 unspecified atom stereocenters. The van der Waals surface area contributed by atoms with E-state index >= 15 is 0 Å². The summed E-state index contributed by atoms with van der Waals surface area (Å²) in [5.74, 6) is 10.6. The highest BCUT2D eigenvalue weighted by Crippen LogP contribution is 2.13. The summed E-state index contributed by atoms with van der Waals surface area (Å²) >= 11 is 3.92. The van der Waals surface area contributed by atoms with Crippen LogP contribution < -0.4 is 11.3 Å². The second-order valence-electron chi connectivity index (χ2n) is 2.30. The Morgan fingerprint density at radius 1 is 1.54 bits per heavy atom. The zero-order valence-electron chi connectivity index (χ0n) is 6.84. The first kappa shape index (κ1) is 9.90. The highest BCUT2D eigenvalue weighted by molar-refractivity contribution is 7.80. The molecule has 0 aliphatic carbocycles. The lowest BCUT2D eigenvalue weighted by atomic mass is 10.2. The topological polar surface area (TPSA) is 38.0 Å². The molecule has 3 N–H and O–H groups in total. The van der Waals surface area contributed by atoms with E-state index in [1.54, 1.807) is 6.07 Å². The normalized spacial score (nSPS) is 8.85. The third kappa shape index (κ3) is 2.65. The summed E-state index contributed by atoms with van der Waals surface area (Å²) in [5, 5.41) is 0. The SMILES string of the molecule is NNc1ccc(C#CCS)cc1F. The number of hydrazine groups is 1. The highest BCUT2D eigenvalue weighted by Gasteiger charge is 1.99. The Bertz CT molecular complexity index is 354. The maximum absolute atomic E-state index is 13.0. The second-order valence-corrected chi connectivity index (χ2v) is 2.62. The van der Waals surface area contributed by atoms with Crippen LogP contribution in [0.4, 0.5) is 10.1 Å². The largest absolute Gasteiger partial charge is 0.321 e. The molecule has 68 valence electrons. The number of nitrogens with one attached hydrogen (secondary N) is 1. The number of hydrogen-bond acceptors (Lipinski definition) is 3. The fourth-order valence-electron chi connectivity index (χ4n) is 0.852. The molecule has 0 amide bonds. The van der Waals surface area contributed by atoms with Crippen molar-refractivity contribution in [3.63, 3.8) is 0 Å². The molecule has 1 aromatic rings. The first-order chi connectivity index (χ1) is 6.27. The fourth-order valence-corrected chi connectivity index (χ4v) is 0.931. The third-order valence-electron chi connectivity index (χ3n) is 1.44. The van der Waals surface area contributed by atoms with Gasteiger partial charge in [0, 0.05) is 5.56 Å². The average molecular weight is 196 g/mol. The van der Waals surface area contributed by atoms with E-state index in [9.17, 15) is 4.39 Å². The van der Waals surface area contributed by atoms with Crippen LogP contribution in [0.3, 0.4) is 0 Å². The van der Waals surface area contributed by atoms with Crippen molar-refractivity contribution in [3.8, 4) is 11.8 Å². The van der Waals surface area contributed by atoms with Crippen molar-refractivity contribution in [3.05, 3.63) is 29.6 Å². The second kappa shape index (κ2) is 4.75. The van der Waals surface area contributed by atoms with Gasteiger partial charge in [-0.2, -0.15) is 12.6 Å². The van der Waals surface area contributed by atoms with Crippen LogP contribution in [0.2, 0.25) is 0 Å². The summed E-state index contributed by atoms with van der Waals surface area (Å²) in [6.45, 7) is 0. The number of nitrogens with two attached hydrogens (primary N) is 1. The van der Waals surface area contributed by atoms with Crippen molar-refractivity contribution >= 4 is 18.3 Å². The molecule has 2 nitrogen and oxygen atoms in total. The molecule has 13 heavy (non-hydrogen) atoms.